The van der Waals surface area contributed by atoms with Gasteiger partial charge in [0.2, 0.25) is 10.0 Å². The summed E-state index contributed by atoms with van der Waals surface area (Å²) < 4.78 is 40.0. The summed E-state index contributed by atoms with van der Waals surface area (Å²) in [5.41, 5.74) is 0.924. The number of hydrogen-bond acceptors (Lipinski definition) is 2. The van der Waals surface area contributed by atoms with Crippen LogP contribution in [0.15, 0.2) is 53.4 Å². The molecule has 0 spiro atoms. The summed E-state index contributed by atoms with van der Waals surface area (Å²) in [6.07, 6.45) is 1.57. The van der Waals surface area contributed by atoms with Gasteiger partial charge in [-0.25, -0.2) is 12.8 Å². The van der Waals surface area contributed by atoms with Gasteiger partial charge in [0.1, 0.15) is 5.82 Å². The highest BCUT2D eigenvalue weighted by Gasteiger charge is 2.36. The lowest BCUT2D eigenvalue weighted by atomic mass is 10.1. The van der Waals surface area contributed by atoms with Crippen LogP contribution in [0.5, 0.6) is 0 Å². The van der Waals surface area contributed by atoms with Crippen LogP contribution in [0.3, 0.4) is 0 Å². The fraction of sp³-hybridized carbons (Fsp3) is 0.250. The van der Waals surface area contributed by atoms with Crippen molar-refractivity contribution in [3.05, 3.63) is 64.9 Å². The molecule has 1 saturated heterocycles. The summed E-state index contributed by atoms with van der Waals surface area (Å²) in [6.45, 7) is 0.465. The molecule has 0 radical (unpaired) electrons. The Morgan fingerprint density at radius 1 is 1.05 bits per heavy atom. The second-order valence-electron chi connectivity index (χ2n) is 5.28. The molecule has 1 atom stereocenters. The first-order chi connectivity index (χ1) is 10.5. The van der Waals surface area contributed by atoms with Crippen molar-refractivity contribution in [2.75, 3.05) is 6.54 Å². The molecule has 0 amide bonds. The molecule has 1 heterocycles. The lowest BCUT2D eigenvalue weighted by Gasteiger charge is -2.24. The smallest absolute Gasteiger partial charge is 0.207 e. The second-order valence-corrected chi connectivity index (χ2v) is 7.61. The first-order valence-electron chi connectivity index (χ1n) is 7.01. The van der Waals surface area contributed by atoms with Crippen molar-refractivity contribution in [1.29, 1.82) is 0 Å². The Labute approximate surface area is 134 Å². The van der Waals surface area contributed by atoms with Crippen LogP contribution >= 0.6 is 11.6 Å². The van der Waals surface area contributed by atoms with Crippen molar-refractivity contribution in [2.24, 2.45) is 0 Å². The molecule has 3 nitrogen and oxygen atoms in total. The quantitative estimate of drug-likeness (QED) is 0.847. The number of rotatable bonds is 3. The largest absolute Gasteiger partial charge is 0.243 e. The standard InChI is InChI=1S/C16H15ClFNO2S/c17-13-5-3-12(4-6-13)16-2-1-11-19(16)22(20,21)15-9-7-14(18)8-10-15/h3-10,16H,1-2,11H2. The van der Waals surface area contributed by atoms with E-state index in [1.165, 1.54) is 28.6 Å². The third-order valence-corrected chi connectivity index (χ3v) is 6.05. The Kier molecular flexibility index (Phi) is 4.21. The first-order valence-corrected chi connectivity index (χ1v) is 8.83. The van der Waals surface area contributed by atoms with E-state index < -0.39 is 15.8 Å². The van der Waals surface area contributed by atoms with Gasteiger partial charge in [-0.15, -0.1) is 0 Å². The number of benzene rings is 2. The molecular formula is C16H15ClFNO2S. The van der Waals surface area contributed by atoms with E-state index in [9.17, 15) is 12.8 Å². The Morgan fingerprint density at radius 2 is 1.68 bits per heavy atom. The molecule has 0 aromatic heterocycles. The zero-order valence-electron chi connectivity index (χ0n) is 11.7. The van der Waals surface area contributed by atoms with E-state index in [1.807, 2.05) is 12.1 Å². The third kappa shape index (κ3) is 2.89. The Morgan fingerprint density at radius 3 is 2.32 bits per heavy atom. The summed E-state index contributed by atoms with van der Waals surface area (Å²) in [7, 11) is -3.63. The monoisotopic (exact) mass is 339 g/mol. The fourth-order valence-corrected chi connectivity index (χ4v) is 4.60. The van der Waals surface area contributed by atoms with Gasteiger partial charge in [-0.2, -0.15) is 4.31 Å². The van der Waals surface area contributed by atoms with Crippen molar-refractivity contribution >= 4 is 21.6 Å². The molecule has 6 heteroatoms. The molecule has 1 unspecified atom stereocenters. The summed E-state index contributed by atoms with van der Waals surface area (Å²) in [6, 6.07) is 12.0. The van der Waals surface area contributed by atoms with Crippen LogP contribution in [-0.2, 0) is 10.0 Å². The number of nitrogens with zero attached hydrogens (tertiary/aromatic N) is 1. The van der Waals surface area contributed by atoms with Gasteiger partial charge in [-0.05, 0) is 54.8 Å². The molecule has 2 aromatic carbocycles. The molecule has 1 aliphatic heterocycles. The molecule has 1 aliphatic rings. The molecule has 0 N–H and O–H groups in total. The Bertz CT molecular complexity index is 760. The van der Waals surface area contributed by atoms with Gasteiger partial charge in [0.25, 0.3) is 0 Å². The van der Waals surface area contributed by atoms with Gasteiger partial charge in [0.15, 0.2) is 0 Å². The van der Waals surface area contributed by atoms with Crippen LogP contribution in [0.1, 0.15) is 24.4 Å². The summed E-state index contributed by atoms with van der Waals surface area (Å²) >= 11 is 5.89. The topological polar surface area (TPSA) is 37.4 Å². The molecule has 2 aromatic rings. The zero-order valence-corrected chi connectivity index (χ0v) is 13.3. The van der Waals surface area contributed by atoms with E-state index >= 15 is 0 Å². The summed E-state index contributed by atoms with van der Waals surface area (Å²) in [4.78, 5) is 0.120. The molecule has 1 fully saturated rings. The molecule has 0 saturated carbocycles. The number of halogens is 2. The van der Waals surface area contributed by atoms with Crippen molar-refractivity contribution < 1.29 is 12.8 Å². The molecule has 0 aliphatic carbocycles. The van der Waals surface area contributed by atoms with E-state index in [1.54, 1.807) is 12.1 Å². The van der Waals surface area contributed by atoms with E-state index in [2.05, 4.69) is 0 Å². The SMILES string of the molecule is O=S(=O)(c1ccc(F)cc1)N1CCCC1c1ccc(Cl)cc1. The predicted molar refractivity (Wildman–Crippen MR) is 83.7 cm³/mol. The van der Waals surface area contributed by atoms with Crippen LogP contribution < -0.4 is 0 Å². The van der Waals surface area contributed by atoms with Crippen molar-refractivity contribution in [1.82, 2.24) is 4.31 Å². The molecular weight excluding hydrogens is 325 g/mol. The fourth-order valence-electron chi connectivity index (χ4n) is 2.79. The van der Waals surface area contributed by atoms with Gasteiger partial charge in [-0.3, -0.25) is 0 Å². The second kappa shape index (κ2) is 5.99. The van der Waals surface area contributed by atoms with Crippen LogP contribution in [0, 0.1) is 5.82 Å². The van der Waals surface area contributed by atoms with Crippen molar-refractivity contribution in [3.63, 3.8) is 0 Å². The van der Waals surface area contributed by atoms with Crippen LogP contribution in [0.2, 0.25) is 5.02 Å². The minimum Gasteiger partial charge on any atom is -0.207 e. The van der Waals surface area contributed by atoms with Gasteiger partial charge < -0.3 is 0 Å². The van der Waals surface area contributed by atoms with E-state index in [-0.39, 0.29) is 10.9 Å². The van der Waals surface area contributed by atoms with E-state index in [0.717, 1.165) is 18.4 Å². The average Bonchev–Trinajstić information content (AvgIpc) is 2.99. The maximum atomic E-state index is 13.0. The van der Waals surface area contributed by atoms with Crippen LogP contribution in [-0.4, -0.2) is 19.3 Å². The first kappa shape index (κ1) is 15.5. The normalized spacial score (nSPS) is 19.5. The lowest BCUT2D eigenvalue weighted by molar-refractivity contribution is 0.396. The summed E-state index contributed by atoms with van der Waals surface area (Å²) in [5, 5.41) is 0.620. The van der Waals surface area contributed by atoms with Gasteiger partial charge in [0.05, 0.1) is 10.9 Å². The lowest BCUT2D eigenvalue weighted by Crippen LogP contribution is -2.30. The predicted octanol–water partition coefficient (Wildman–Crippen LogP) is 4.00. The highest BCUT2D eigenvalue weighted by molar-refractivity contribution is 7.89. The number of sulfonamides is 1. The molecule has 22 heavy (non-hydrogen) atoms. The van der Waals surface area contributed by atoms with Crippen molar-refractivity contribution in [3.8, 4) is 0 Å². The Balaban J connectivity index is 1.95. The maximum Gasteiger partial charge on any atom is 0.243 e. The molecule has 116 valence electrons. The van der Waals surface area contributed by atoms with Crippen molar-refractivity contribution in [2.45, 2.75) is 23.8 Å². The minimum absolute atomic E-state index is 0.120. The highest BCUT2D eigenvalue weighted by atomic mass is 35.5. The third-order valence-electron chi connectivity index (χ3n) is 3.88. The van der Waals surface area contributed by atoms with E-state index in [4.69, 9.17) is 11.6 Å². The van der Waals surface area contributed by atoms with Gasteiger partial charge in [0, 0.05) is 11.6 Å². The van der Waals surface area contributed by atoms with Crippen LogP contribution in [0.25, 0.3) is 0 Å². The van der Waals surface area contributed by atoms with Gasteiger partial charge >= 0.3 is 0 Å². The molecule has 3 rings (SSSR count). The number of hydrogen-bond donors (Lipinski definition) is 0. The Hall–Kier alpha value is -1.43. The molecule has 0 bridgehead atoms. The summed E-state index contributed by atoms with van der Waals surface area (Å²) in [5.74, 6) is -0.449. The zero-order chi connectivity index (χ0) is 15.7. The van der Waals surface area contributed by atoms with Gasteiger partial charge in [-0.1, -0.05) is 23.7 Å². The maximum absolute atomic E-state index is 13.0. The highest BCUT2D eigenvalue weighted by Crippen LogP contribution is 2.36. The van der Waals surface area contributed by atoms with Crippen LogP contribution in [0.4, 0.5) is 4.39 Å². The minimum atomic E-state index is -3.63. The van der Waals surface area contributed by atoms with E-state index in [0.29, 0.717) is 11.6 Å². The average molecular weight is 340 g/mol.